The van der Waals surface area contributed by atoms with Crippen molar-refractivity contribution in [3.63, 3.8) is 0 Å². The molecular weight excluding hydrogens is 1250 g/mol. The van der Waals surface area contributed by atoms with E-state index in [1.165, 1.54) is 205 Å². The molecule has 17 nitrogen and oxygen atoms in total. The number of unbranched alkanes of at least 4 members (excludes halogenated alkanes) is 45. The third kappa shape index (κ3) is 70.3. The van der Waals surface area contributed by atoms with Gasteiger partial charge in [0.05, 0.1) is 26.4 Å². The normalized spacial score (nSPS) is 14.0. The SMILES string of the molecule is CCCCCCCCCCCCCCCCCCCC(=O)O[C@H](COC(=O)CCCCCCCCCCCCCCCC(C)C)COP(=O)(O)OC[C@@H](O)COP(=O)(O)OC[C@@H](COC(=O)CCCCCCCCC(C)C)OC(=O)CCCCCCCCCCCCCCC. The highest BCUT2D eigenvalue weighted by Crippen LogP contribution is 2.45. The molecule has 0 saturated heterocycles. The lowest BCUT2D eigenvalue weighted by atomic mass is 10.0. The summed E-state index contributed by atoms with van der Waals surface area (Å²) in [7, 11) is -9.91. The summed E-state index contributed by atoms with van der Waals surface area (Å²) in [5.41, 5.74) is 0. The van der Waals surface area contributed by atoms with Gasteiger partial charge in [-0.05, 0) is 37.5 Å². The summed E-state index contributed by atoms with van der Waals surface area (Å²) >= 11 is 0. The lowest BCUT2D eigenvalue weighted by Gasteiger charge is -2.21. The van der Waals surface area contributed by atoms with Crippen molar-refractivity contribution in [1.82, 2.24) is 0 Å². The first-order valence-corrected chi connectivity index (χ1v) is 42.5. The zero-order chi connectivity index (χ0) is 70.0. The molecular formula is C76H148O17P2. The van der Waals surface area contributed by atoms with Crippen LogP contribution in [0.1, 0.15) is 395 Å². The number of aliphatic hydroxyl groups excluding tert-OH is 1. The second-order valence-corrected chi connectivity index (χ2v) is 31.3. The molecule has 0 rings (SSSR count). The number of hydrogen-bond donors (Lipinski definition) is 3. The number of aliphatic hydroxyl groups is 1. The summed E-state index contributed by atoms with van der Waals surface area (Å²) in [4.78, 5) is 72.8. The Morgan fingerprint density at radius 1 is 0.284 bits per heavy atom. The lowest BCUT2D eigenvalue weighted by Crippen LogP contribution is -2.30. The molecule has 0 aromatic carbocycles. The second-order valence-electron chi connectivity index (χ2n) is 28.3. The van der Waals surface area contributed by atoms with Gasteiger partial charge >= 0.3 is 39.5 Å². The number of hydrogen-bond acceptors (Lipinski definition) is 15. The molecule has 3 N–H and O–H groups in total. The van der Waals surface area contributed by atoms with Crippen LogP contribution in [0.25, 0.3) is 0 Å². The van der Waals surface area contributed by atoms with Crippen molar-refractivity contribution in [1.29, 1.82) is 0 Å². The number of carbonyl (C=O) groups excluding carboxylic acids is 4. The molecule has 564 valence electrons. The summed E-state index contributed by atoms with van der Waals surface area (Å²) in [5, 5.41) is 10.6. The maximum atomic E-state index is 13.1. The maximum Gasteiger partial charge on any atom is 0.472 e. The Morgan fingerprint density at radius 3 is 0.716 bits per heavy atom. The first-order valence-electron chi connectivity index (χ1n) is 39.5. The van der Waals surface area contributed by atoms with E-state index in [-0.39, 0.29) is 25.7 Å². The molecule has 0 fully saturated rings. The van der Waals surface area contributed by atoms with E-state index in [9.17, 15) is 43.2 Å². The van der Waals surface area contributed by atoms with Crippen molar-refractivity contribution in [2.24, 2.45) is 11.8 Å². The zero-order valence-corrected chi connectivity index (χ0v) is 63.8. The molecule has 5 atom stereocenters. The van der Waals surface area contributed by atoms with Gasteiger partial charge in [0.15, 0.2) is 12.2 Å². The van der Waals surface area contributed by atoms with Crippen LogP contribution >= 0.6 is 15.6 Å². The van der Waals surface area contributed by atoms with Gasteiger partial charge < -0.3 is 33.8 Å². The van der Waals surface area contributed by atoms with Crippen LogP contribution in [-0.4, -0.2) is 96.7 Å². The van der Waals surface area contributed by atoms with Crippen molar-refractivity contribution in [3.8, 4) is 0 Å². The molecule has 0 spiro atoms. The number of esters is 4. The first kappa shape index (κ1) is 93.1. The fraction of sp³-hybridized carbons (Fsp3) is 0.947. The van der Waals surface area contributed by atoms with E-state index in [2.05, 4.69) is 41.5 Å². The molecule has 0 radical (unpaired) electrons. The fourth-order valence-corrected chi connectivity index (χ4v) is 13.2. The topological polar surface area (TPSA) is 237 Å². The van der Waals surface area contributed by atoms with Crippen molar-refractivity contribution in [3.05, 3.63) is 0 Å². The lowest BCUT2D eigenvalue weighted by molar-refractivity contribution is -0.161. The van der Waals surface area contributed by atoms with Crippen molar-refractivity contribution in [2.45, 2.75) is 413 Å². The van der Waals surface area contributed by atoms with Gasteiger partial charge in [0.25, 0.3) is 0 Å². The molecule has 0 aliphatic rings. The molecule has 0 amide bonds. The van der Waals surface area contributed by atoms with E-state index in [4.69, 9.17) is 37.0 Å². The molecule has 95 heavy (non-hydrogen) atoms. The molecule has 0 heterocycles. The van der Waals surface area contributed by atoms with E-state index in [0.29, 0.717) is 31.6 Å². The van der Waals surface area contributed by atoms with Crippen LogP contribution in [0.4, 0.5) is 0 Å². The molecule has 2 unspecified atom stereocenters. The number of carbonyl (C=O) groups is 4. The summed E-state index contributed by atoms with van der Waals surface area (Å²) in [6, 6.07) is 0. The molecule has 0 bridgehead atoms. The predicted molar refractivity (Wildman–Crippen MR) is 386 cm³/mol. The number of rotatable bonds is 75. The van der Waals surface area contributed by atoms with Gasteiger partial charge in [0.2, 0.25) is 0 Å². The molecule has 0 saturated carbocycles. The summed E-state index contributed by atoms with van der Waals surface area (Å²) < 4.78 is 68.5. The highest BCUT2D eigenvalue weighted by Gasteiger charge is 2.30. The van der Waals surface area contributed by atoms with Gasteiger partial charge in [-0.15, -0.1) is 0 Å². The Kier molecular flexibility index (Phi) is 66.5. The Hall–Kier alpha value is -1.94. The van der Waals surface area contributed by atoms with Gasteiger partial charge in [-0.1, -0.05) is 343 Å². The average molecular weight is 1400 g/mol. The summed E-state index contributed by atoms with van der Waals surface area (Å²) in [6.07, 6.45) is 55.6. The Balaban J connectivity index is 5.23. The van der Waals surface area contributed by atoms with Crippen LogP contribution in [0.5, 0.6) is 0 Å². The smallest absolute Gasteiger partial charge is 0.462 e. The van der Waals surface area contributed by atoms with Gasteiger partial charge in [-0.3, -0.25) is 37.3 Å². The highest BCUT2D eigenvalue weighted by atomic mass is 31.2. The van der Waals surface area contributed by atoms with Crippen molar-refractivity contribution < 1.29 is 80.2 Å². The standard InChI is InChI=1S/C76H148O17P2/c1-7-9-11-13-15-17-19-21-22-23-24-28-33-37-41-49-55-61-75(80)92-71(64-86-73(78)58-52-46-39-35-31-29-25-27-30-34-38-44-50-56-68(3)4)66-90-94(82,83)88-62-70(77)63-89-95(84,85)91-67-72(65-87-74(79)59-53-47-43-42-45-51-57-69(5)6)93-76(81)60-54-48-40-36-32-26-20-18-16-14-12-10-8-2/h68-72,77H,7-67H2,1-6H3,(H,82,83)(H,84,85)/t70-,71-,72-/m1/s1. The van der Waals surface area contributed by atoms with Gasteiger partial charge in [0.1, 0.15) is 19.3 Å². The minimum Gasteiger partial charge on any atom is -0.462 e. The zero-order valence-electron chi connectivity index (χ0n) is 62.0. The number of phosphoric ester groups is 2. The molecule has 0 aliphatic carbocycles. The van der Waals surface area contributed by atoms with Crippen LogP contribution < -0.4 is 0 Å². The van der Waals surface area contributed by atoms with E-state index >= 15 is 0 Å². The predicted octanol–water partition coefficient (Wildman–Crippen LogP) is 22.3. The van der Waals surface area contributed by atoms with Gasteiger partial charge in [0, 0.05) is 25.7 Å². The van der Waals surface area contributed by atoms with E-state index in [0.717, 1.165) is 102 Å². The minimum atomic E-state index is -4.96. The quantitative estimate of drug-likeness (QED) is 0.0222. The average Bonchev–Trinajstić information content (AvgIpc) is 1.90. The van der Waals surface area contributed by atoms with Crippen LogP contribution in [0.15, 0.2) is 0 Å². The molecule has 0 aliphatic heterocycles. The van der Waals surface area contributed by atoms with Gasteiger partial charge in [-0.25, -0.2) is 9.13 Å². The Morgan fingerprint density at radius 2 is 0.484 bits per heavy atom. The third-order valence-electron chi connectivity index (χ3n) is 17.7. The van der Waals surface area contributed by atoms with Crippen molar-refractivity contribution in [2.75, 3.05) is 39.6 Å². The van der Waals surface area contributed by atoms with Crippen LogP contribution in [0.3, 0.4) is 0 Å². The van der Waals surface area contributed by atoms with Crippen LogP contribution in [0, 0.1) is 11.8 Å². The fourth-order valence-electron chi connectivity index (χ4n) is 11.7. The van der Waals surface area contributed by atoms with E-state index in [1.54, 1.807) is 0 Å². The van der Waals surface area contributed by atoms with Crippen LogP contribution in [-0.2, 0) is 65.4 Å². The highest BCUT2D eigenvalue weighted by molar-refractivity contribution is 7.47. The monoisotopic (exact) mass is 1400 g/mol. The van der Waals surface area contributed by atoms with E-state index in [1.807, 2.05) is 0 Å². The summed E-state index contributed by atoms with van der Waals surface area (Å²) in [6.45, 7) is 9.54. The third-order valence-corrected chi connectivity index (χ3v) is 19.6. The Bertz CT molecular complexity index is 1840. The van der Waals surface area contributed by atoms with Gasteiger partial charge in [-0.2, -0.15) is 0 Å². The second kappa shape index (κ2) is 67.9. The Labute approximate surface area is 581 Å². The largest absolute Gasteiger partial charge is 0.472 e. The van der Waals surface area contributed by atoms with E-state index < -0.39 is 97.5 Å². The summed E-state index contributed by atoms with van der Waals surface area (Å²) in [5.74, 6) is -0.645. The molecule has 19 heteroatoms. The minimum absolute atomic E-state index is 0.107. The maximum absolute atomic E-state index is 13.1. The van der Waals surface area contributed by atoms with Crippen molar-refractivity contribution >= 4 is 39.5 Å². The van der Waals surface area contributed by atoms with Crippen LogP contribution in [0.2, 0.25) is 0 Å². The first-order chi connectivity index (χ1) is 45.9. The molecule has 0 aromatic heterocycles. The molecule has 0 aromatic rings. The number of phosphoric acid groups is 2. The number of ether oxygens (including phenoxy) is 4.